The van der Waals surface area contributed by atoms with Gasteiger partial charge in [-0.2, -0.15) is 4.31 Å². The number of nitrogens with zero attached hydrogens (tertiary/aromatic N) is 1. The molecule has 0 aromatic heterocycles. The molecule has 0 spiro atoms. The molecule has 0 bridgehead atoms. The van der Waals surface area contributed by atoms with Crippen molar-refractivity contribution in [2.75, 3.05) is 20.2 Å². The van der Waals surface area contributed by atoms with Crippen LogP contribution >= 0.6 is 11.6 Å². The Morgan fingerprint density at radius 2 is 1.65 bits per heavy atom. The third-order valence-electron chi connectivity index (χ3n) is 4.33. The van der Waals surface area contributed by atoms with Crippen LogP contribution < -0.4 is 4.74 Å². The summed E-state index contributed by atoms with van der Waals surface area (Å²) in [4.78, 5) is 0.159. The zero-order valence-electron chi connectivity index (χ0n) is 14.0. The number of methoxy groups -OCH3 is 1. The van der Waals surface area contributed by atoms with Gasteiger partial charge in [-0.1, -0.05) is 29.8 Å². The minimum Gasteiger partial charge on any atom is -0.497 e. The lowest BCUT2D eigenvalue weighted by molar-refractivity contribution is 0.309. The molecule has 1 saturated heterocycles. The molecule has 1 fully saturated rings. The molecular weight excluding hydrogens is 398 g/mol. The van der Waals surface area contributed by atoms with Crippen LogP contribution in [0.5, 0.6) is 5.75 Å². The monoisotopic (exact) mass is 415 g/mol. The van der Waals surface area contributed by atoms with Crippen molar-refractivity contribution in [3.05, 3.63) is 59.1 Å². The molecule has 1 heterocycles. The van der Waals surface area contributed by atoms with Gasteiger partial charge in [-0.25, -0.2) is 16.8 Å². The smallest absolute Gasteiger partial charge is 0.218 e. The van der Waals surface area contributed by atoms with Gasteiger partial charge in [-0.15, -0.1) is 0 Å². The van der Waals surface area contributed by atoms with Crippen LogP contribution in [0.25, 0.3) is 0 Å². The topological polar surface area (TPSA) is 80.8 Å². The molecule has 2 aromatic carbocycles. The second kappa shape index (κ2) is 7.19. The van der Waals surface area contributed by atoms with Crippen molar-refractivity contribution in [2.24, 2.45) is 0 Å². The molecule has 0 unspecified atom stereocenters. The molecule has 6 nitrogen and oxygen atoms in total. The van der Waals surface area contributed by atoms with Crippen molar-refractivity contribution in [1.82, 2.24) is 4.31 Å². The van der Waals surface area contributed by atoms with E-state index < -0.39 is 25.1 Å². The fourth-order valence-corrected chi connectivity index (χ4v) is 6.45. The number of sulfone groups is 1. The fraction of sp³-hybridized carbons (Fsp3) is 0.294. The maximum absolute atomic E-state index is 12.6. The molecule has 9 heteroatoms. The third-order valence-corrected chi connectivity index (χ3v) is 8.56. The summed E-state index contributed by atoms with van der Waals surface area (Å²) in [6.45, 7) is -0.109. The Morgan fingerprint density at radius 3 is 2.23 bits per heavy atom. The minimum absolute atomic E-state index is 0.0544. The van der Waals surface area contributed by atoms with Crippen LogP contribution in [0.15, 0.2) is 53.4 Å². The van der Waals surface area contributed by atoms with Crippen LogP contribution in [-0.4, -0.2) is 46.6 Å². The van der Waals surface area contributed by atoms with E-state index in [1.807, 2.05) is 0 Å². The maximum atomic E-state index is 12.6. The number of ether oxygens (including phenoxy) is 1. The molecule has 0 amide bonds. The second-order valence-electron chi connectivity index (χ2n) is 6.01. The number of rotatable bonds is 6. The van der Waals surface area contributed by atoms with E-state index in [0.29, 0.717) is 16.3 Å². The lowest BCUT2D eigenvalue weighted by Crippen LogP contribution is -2.56. The van der Waals surface area contributed by atoms with Crippen molar-refractivity contribution >= 4 is 31.5 Å². The molecule has 140 valence electrons. The van der Waals surface area contributed by atoms with Crippen molar-refractivity contribution in [3.63, 3.8) is 0 Å². The van der Waals surface area contributed by atoms with Crippen LogP contribution in [0.2, 0.25) is 5.02 Å². The van der Waals surface area contributed by atoms with Gasteiger partial charge in [-0.3, -0.25) is 0 Å². The molecule has 1 aliphatic rings. The van der Waals surface area contributed by atoms with E-state index in [2.05, 4.69) is 0 Å². The zero-order valence-corrected chi connectivity index (χ0v) is 16.4. The summed E-state index contributed by atoms with van der Waals surface area (Å²) in [5.74, 6) is 0.309. The van der Waals surface area contributed by atoms with Gasteiger partial charge in [0.05, 0.1) is 23.0 Å². The lowest BCUT2D eigenvalue weighted by Gasteiger charge is -2.37. The van der Waals surface area contributed by atoms with Crippen molar-refractivity contribution < 1.29 is 21.6 Å². The Balaban J connectivity index is 1.70. The molecule has 1 aliphatic heterocycles. The average Bonchev–Trinajstić information content (AvgIpc) is 2.55. The van der Waals surface area contributed by atoms with Gasteiger partial charge in [0.1, 0.15) is 5.75 Å². The molecule has 0 N–H and O–H groups in total. The van der Waals surface area contributed by atoms with Crippen LogP contribution in [0.3, 0.4) is 0 Å². The Kier molecular flexibility index (Phi) is 5.30. The highest BCUT2D eigenvalue weighted by Gasteiger charge is 2.43. The Bertz CT molecular complexity index is 998. The largest absolute Gasteiger partial charge is 0.497 e. The number of benzene rings is 2. The van der Waals surface area contributed by atoms with Crippen LogP contribution in [0.4, 0.5) is 0 Å². The highest BCUT2D eigenvalue weighted by Crippen LogP contribution is 2.29. The third kappa shape index (κ3) is 3.73. The van der Waals surface area contributed by atoms with E-state index in [1.165, 1.54) is 23.5 Å². The number of sulfonamides is 1. The van der Waals surface area contributed by atoms with Gasteiger partial charge in [0.25, 0.3) is 0 Å². The molecule has 2 aromatic rings. The lowest BCUT2D eigenvalue weighted by atomic mass is 10.2. The second-order valence-corrected chi connectivity index (χ2v) is 10.6. The number of halogens is 1. The highest BCUT2D eigenvalue weighted by atomic mass is 35.5. The standard InChI is InChI=1S/C17H18ClNO5S2/c1-24-14-6-8-15(9-7-14)26(22,23)16-10-19(11-16)25(20,21)12-13-4-2-3-5-17(13)18/h2-9,16H,10-12H2,1H3. The first-order valence-electron chi connectivity index (χ1n) is 7.83. The molecular formula is C17H18ClNO5S2. The predicted octanol–water partition coefficient (Wildman–Crippen LogP) is 2.34. The Morgan fingerprint density at radius 1 is 1.04 bits per heavy atom. The SMILES string of the molecule is COc1ccc(S(=O)(=O)C2CN(S(=O)(=O)Cc3ccccc3Cl)C2)cc1. The average molecular weight is 416 g/mol. The van der Waals surface area contributed by atoms with Crippen LogP contribution in [-0.2, 0) is 25.6 Å². The van der Waals surface area contributed by atoms with Gasteiger partial charge < -0.3 is 4.74 Å². The quantitative estimate of drug-likeness (QED) is 0.723. The van der Waals surface area contributed by atoms with Crippen LogP contribution in [0, 0.1) is 0 Å². The van der Waals surface area contributed by atoms with Gasteiger partial charge in [-0.05, 0) is 35.9 Å². The van der Waals surface area contributed by atoms with Gasteiger partial charge in [0, 0.05) is 18.1 Å². The van der Waals surface area contributed by atoms with Crippen LogP contribution in [0.1, 0.15) is 5.56 Å². The molecule has 0 radical (unpaired) electrons. The van der Waals surface area contributed by atoms with Crippen molar-refractivity contribution in [3.8, 4) is 5.75 Å². The first-order chi connectivity index (χ1) is 12.2. The van der Waals surface area contributed by atoms with E-state index in [9.17, 15) is 16.8 Å². The summed E-state index contributed by atoms with van der Waals surface area (Å²) in [7, 11) is -5.71. The highest BCUT2D eigenvalue weighted by molar-refractivity contribution is 7.92. The van der Waals surface area contributed by atoms with Crippen molar-refractivity contribution in [1.29, 1.82) is 0 Å². The molecule has 3 rings (SSSR count). The first-order valence-corrected chi connectivity index (χ1v) is 11.4. The number of hydrogen-bond donors (Lipinski definition) is 0. The molecule has 0 aliphatic carbocycles. The van der Waals surface area contributed by atoms with E-state index in [0.717, 1.165) is 0 Å². The van der Waals surface area contributed by atoms with Gasteiger partial charge in [0.15, 0.2) is 9.84 Å². The summed E-state index contributed by atoms with van der Waals surface area (Å²) >= 11 is 6.01. The summed E-state index contributed by atoms with van der Waals surface area (Å²) < 4.78 is 56.4. The Labute approximate surface area is 158 Å². The van der Waals surface area contributed by atoms with Crippen molar-refractivity contribution in [2.45, 2.75) is 15.9 Å². The Hall–Kier alpha value is -1.61. The van der Waals surface area contributed by atoms with Gasteiger partial charge >= 0.3 is 0 Å². The maximum Gasteiger partial charge on any atom is 0.218 e. The first kappa shape index (κ1) is 19.2. The van der Waals surface area contributed by atoms with E-state index in [1.54, 1.807) is 36.4 Å². The predicted molar refractivity (Wildman–Crippen MR) is 99.6 cm³/mol. The molecule has 26 heavy (non-hydrogen) atoms. The van der Waals surface area contributed by atoms with E-state index in [4.69, 9.17) is 16.3 Å². The summed E-state index contributed by atoms with van der Waals surface area (Å²) in [5, 5.41) is -0.379. The molecule has 0 saturated carbocycles. The summed E-state index contributed by atoms with van der Waals surface area (Å²) in [6.07, 6.45) is 0. The summed E-state index contributed by atoms with van der Waals surface area (Å²) in [5.41, 5.74) is 0.496. The zero-order chi connectivity index (χ0) is 18.9. The normalized spacial score (nSPS) is 16.2. The number of hydrogen-bond acceptors (Lipinski definition) is 5. The van der Waals surface area contributed by atoms with E-state index in [-0.39, 0.29) is 23.7 Å². The van der Waals surface area contributed by atoms with E-state index >= 15 is 0 Å². The molecule has 0 atom stereocenters. The minimum atomic E-state index is -3.62. The van der Waals surface area contributed by atoms with Gasteiger partial charge in [0.2, 0.25) is 10.0 Å². The summed E-state index contributed by atoms with van der Waals surface area (Å²) in [6, 6.07) is 12.8. The fourth-order valence-electron chi connectivity index (χ4n) is 2.69.